The van der Waals surface area contributed by atoms with E-state index >= 15 is 0 Å². The smallest absolute Gasteiger partial charge is 0.206 e. The average Bonchev–Trinajstić information content (AvgIpc) is 2.76. The van der Waals surface area contributed by atoms with Crippen LogP contribution in [0.1, 0.15) is 12.8 Å². The summed E-state index contributed by atoms with van der Waals surface area (Å²) in [6.45, 7) is 1.15. The van der Waals surface area contributed by atoms with Gasteiger partial charge in [0.05, 0.1) is 0 Å². The highest BCUT2D eigenvalue weighted by Crippen LogP contribution is 2.32. The van der Waals surface area contributed by atoms with E-state index < -0.39 is 10.0 Å². The van der Waals surface area contributed by atoms with Gasteiger partial charge in [0.25, 0.3) is 10.0 Å². The fraction of sp³-hybridized carbons (Fsp3) is 0.600. The van der Waals surface area contributed by atoms with Crippen molar-refractivity contribution in [3.05, 3.63) is 15.9 Å². The highest BCUT2D eigenvalue weighted by atomic mass is 79.9. The Hall–Kier alpha value is 0.380. The molecular weight excluding hydrogens is 346 g/mol. The Labute approximate surface area is 119 Å². The predicted molar refractivity (Wildman–Crippen MR) is 74.2 cm³/mol. The van der Waals surface area contributed by atoms with Gasteiger partial charge in [-0.15, -0.1) is 22.9 Å². The number of thiophene rings is 1. The maximum Gasteiger partial charge on any atom is 0.253 e. The fourth-order valence-corrected chi connectivity index (χ4v) is 6.11. The van der Waals surface area contributed by atoms with Crippen molar-refractivity contribution in [2.75, 3.05) is 19.0 Å². The first kappa shape index (κ1) is 13.8. The topological polar surface area (TPSA) is 37.4 Å². The van der Waals surface area contributed by atoms with Gasteiger partial charge in [-0.05, 0) is 46.1 Å². The lowest BCUT2D eigenvalue weighted by atomic mass is 10.0. The molecule has 1 aliphatic rings. The van der Waals surface area contributed by atoms with Crippen LogP contribution in [-0.4, -0.2) is 31.7 Å². The van der Waals surface area contributed by atoms with Crippen molar-refractivity contribution < 1.29 is 8.42 Å². The molecule has 2 heterocycles. The van der Waals surface area contributed by atoms with E-state index in [1.54, 1.807) is 15.8 Å². The molecule has 0 unspecified atom stereocenters. The number of halogens is 2. The maximum atomic E-state index is 12.3. The fourth-order valence-electron chi connectivity index (χ4n) is 1.89. The van der Waals surface area contributed by atoms with Gasteiger partial charge in [-0.3, -0.25) is 0 Å². The Kier molecular flexibility index (Phi) is 4.52. The summed E-state index contributed by atoms with van der Waals surface area (Å²) >= 11 is 10.3. The van der Waals surface area contributed by atoms with Gasteiger partial charge in [-0.25, -0.2) is 8.42 Å². The largest absolute Gasteiger partial charge is 0.253 e. The zero-order valence-electron chi connectivity index (χ0n) is 9.10. The first-order chi connectivity index (χ1) is 8.05. The zero-order valence-corrected chi connectivity index (χ0v) is 13.1. The average molecular weight is 359 g/mol. The Bertz CT molecular complexity index is 480. The third kappa shape index (κ3) is 2.87. The third-order valence-electron chi connectivity index (χ3n) is 2.95. The van der Waals surface area contributed by atoms with E-state index in [-0.39, 0.29) is 0 Å². The molecule has 0 aliphatic carbocycles. The van der Waals surface area contributed by atoms with E-state index in [9.17, 15) is 8.42 Å². The summed E-state index contributed by atoms with van der Waals surface area (Å²) in [5.41, 5.74) is 0. The molecule has 7 heteroatoms. The molecule has 0 amide bonds. The van der Waals surface area contributed by atoms with Crippen LogP contribution in [0.2, 0.25) is 0 Å². The van der Waals surface area contributed by atoms with Crippen molar-refractivity contribution in [3.63, 3.8) is 0 Å². The summed E-state index contributed by atoms with van der Waals surface area (Å²) in [6.07, 6.45) is 1.71. The first-order valence-corrected chi connectivity index (χ1v) is 8.99. The summed E-state index contributed by atoms with van der Waals surface area (Å²) < 4.78 is 27.3. The predicted octanol–water partition coefficient (Wildman–Crippen LogP) is 3.15. The lowest BCUT2D eigenvalue weighted by molar-refractivity contribution is 0.290. The van der Waals surface area contributed by atoms with Gasteiger partial charge >= 0.3 is 0 Å². The monoisotopic (exact) mass is 357 g/mol. The second kappa shape index (κ2) is 5.57. The second-order valence-electron chi connectivity index (χ2n) is 4.06. The number of piperidine rings is 1. The first-order valence-electron chi connectivity index (χ1n) is 5.35. The van der Waals surface area contributed by atoms with Crippen LogP contribution >= 0.6 is 38.9 Å². The van der Waals surface area contributed by atoms with Crippen LogP contribution in [0.3, 0.4) is 0 Å². The number of nitrogens with zero attached hydrogens (tertiary/aromatic N) is 1. The lowest BCUT2D eigenvalue weighted by Gasteiger charge is -2.29. The van der Waals surface area contributed by atoms with Crippen molar-refractivity contribution in [3.8, 4) is 0 Å². The molecule has 0 aromatic carbocycles. The van der Waals surface area contributed by atoms with Crippen LogP contribution in [0.15, 0.2) is 20.1 Å². The van der Waals surface area contributed by atoms with Gasteiger partial charge in [-0.2, -0.15) is 4.31 Å². The van der Waals surface area contributed by atoms with Crippen molar-refractivity contribution in [1.82, 2.24) is 4.31 Å². The SMILES string of the molecule is O=S(=O)(c1sccc1Br)N1CCC(CCl)CC1. The van der Waals surface area contributed by atoms with Crippen LogP contribution in [0.4, 0.5) is 0 Å². The summed E-state index contributed by atoms with van der Waals surface area (Å²) in [6, 6.07) is 1.77. The Morgan fingerprint density at radius 2 is 2.12 bits per heavy atom. The maximum absolute atomic E-state index is 12.3. The highest BCUT2D eigenvalue weighted by Gasteiger charge is 2.31. The molecule has 0 atom stereocenters. The molecule has 0 radical (unpaired) electrons. The van der Waals surface area contributed by atoms with E-state index in [1.165, 1.54) is 11.3 Å². The number of alkyl halides is 1. The van der Waals surface area contributed by atoms with Crippen LogP contribution < -0.4 is 0 Å². The summed E-state index contributed by atoms with van der Waals surface area (Å²) in [4.78, 5) is 0. The van der Waals surface area contributed by atoms with Crippen molar-refractivity contribution in [1.29, 1.82) is 0 Å². The quantitative estimate of drug-likeness (QED) is 0.778. The molecule has 0 N–H and O–H groups in total. The van der Waals surface area contributed by atoms with Gasteiger partial charge in [0.2, 0.25) is 0 Å². The highest BCUT2D eigenvalue weighted by molar-refractivity contribution is 9.10. The Balaban J connectivity index is 2.16. The molecule has 0 bridgehead atoms. The molecule has 1 fully saturated rings. The van der Waals surface area contributed by atoms with Crippen molar-refractivity contribution >= 4 is 48.9 Å². The molecule has 96 valence electrons. The van der Waals surface area contributed by atoms with E-state index in [4.69, 9.17) is 11.6 Å². The minimum absolute atomic E-state index is 0.404. The molecule has 1 aliphatic heterocycles. The Morgan fingerprint density at radius 3 is 2.59 bits per heavy atom. The standard InChI is InChI=1S/C10H13BrClNO2S2/c11-9-3-6-16-10(9)17(14,15)13-4-1-8(7-12)2-5-13/h3,6,8H,1-2,4-5,7H2. The van der Waals surface area contributed by atoms with Crippen LogP contribution in [0.25, 0.3) is 0 Å². The molecule has 0 spiro atoms. The van der Waals surface area contributed by atoms with Crippen molar-refractivity contribution in [2.24, 2.45) is 5.92 Å². The molecule has 0 saturated carbocycles. The van der Waals surface area contributed by atoms with E-state index in [1.807, 2.05) is 0 Å². The summed E-state index contributed by atoms with van der Waals surface area (Å²) in [7, 11) is -3.32. The number of rotatable bonds is 3. The van der Waals surface area contributed by atoms with Crippen molar-refractivity contribution in [2.45, 2.75) is 17.1 Å². The molecule has 1 aromatic heterocycles. The minimum Gasteiger partial charge on any atom is -0.206 e. The summed E-state index contributed by atoms with van der Waals surface area (Å²) in [5, 5.41) is 1.78. The minimum atomic E-state index is -3.32. The Morgan fingerprint density at radius 1 is 1.47 bits per heavy atom. The zero-order chi connectivity index (χ0) is 12.5. The molecule has 1 aromatic rings. The molecule has 17 heavy (non-hydrogen) atoms. The molecular formula is C10H13BrClNO2S2. The van der Waals surface area contributed by atoms with Crippen LogP contribution in [-0.2, 0) is 10.0 Å². The van der Waals surface area contributed by atoms with Gasteiger partial charge in [0.15, 0.2) is 0 Å². The molecule has 2 rings (SSSR count). The summed E-state index contributed by atoms with van der Waals surface area (Å²) in [5.74, 6) is 1.08. The van der Waals surface area contributed by atoms with Gasteiger partial charge in [-0.1, -0.05) is 0 Å². The van der Waals surface area contributed by atoms with E-state index in [0.717, 1.165) is 12.8 Å². The van der Waals surface area contributed by atoms with Crippen LogP contribution in [0, 0.1) is 5.92 Å². The van der Waals surface area contributed by atoms with E-state index in [0.29, 0.717) is 33.6 Å². The lowest BCUT2D eigenvalue weighted by Crippen LogP contribution is -2.38. The van der Waals surface area contributed by atoms with E-state index in [2.05, 4.69) is 15.9 Å². The number of sulfonamides is 1. The second-order valence-corrected chi connectivity index (χ2v) is 8.27. The third-order valence-corrected chi connectivity index (χ3v) is 7.93. The number of hydrogen-bond donors (Lipinski definition) is 0. The number of hydrogen-bond acceptors (Lipinski definition) is 3. The van der Waals surface area contributed by atoms with Gasteiger partial charge < -0.3 is 0 Å². The van der Waals surface area contributed by atoms with Gasteiger partial charge in [0.1, 0.15) is 4.21 Å². The molecule has 3 nitrogen and oxygen atoms in total. The van der Waals surface area contributed by atoms with Gasteiger partial charge in [0, 0.05) is 23.4 Å². The molecule has 1 saturated heterocycles. The van der Waals surface area contributed by atoms with Crippen LogP contribution in [0.5, 0.6) is 0 Å². The normalized spacial score (nSPS) is 19.6.